The molecule has 32 heavy (non-hydrogen) atoms. The van der Waals surface area contributed by atoms with E-state index in [9.17, 15) is 19.1 Å². The highest BCUT2D eigenvalue weighted by molar-refractivity contribution is 6.52. The first-order chi connectivity index (χ1) is 15.4. The Morgan fingerprint density at radius 3 is 2.59 bits per heavy atom. The molecule has 0 bridgehead atoms. The number of pyridine rings is 1. The minimum Gasteiger partial charge on any atom is -0.507 e. The van der Waals surface area contributed by atoms with Crippen LogP contribution in [0, 0.1) is 5.82 Å². The predicted octanol–water partition coefficient (Wildman–Crippen LogP) is 4.90. The van der Waals surface area contributed by atoms with Crippen molar-refractivity contribution in [2.45, 2.75) is 13.0 Å². The van der Waals surface area contributed by atoms with Crippen LogP contribution in [0.1, 0.15) is 24.1 Å². The van der Waals surface area contributed by atoms with Crippen molar-refractivity contribution < 1.29 is 23.8 Å². The monoisotopic (exact) mass is 452 g/mol. The Labute approximate surface area is 188 Å². The molecule has 162 valence electrons. The molecule has 1 aromatic heterocycles. The quantitative estimate of drug-likeness (QED) is 0.338. The van der Waals surface area contributed by atoms with E-state index in [2.05, 4.69) is 4.98 Å². The fourth-order valence-electron chi connectivity index (χ4n) is 3.67. The van der Waals surface area contributed by atoms with Crippen LogP contribution in [0.25, 0.3) is 5.76 Å². The van der Waals surface area contributed by atoms with Gasteiger partial charge in [0.05, 0.1) is 23.2 Å². The number of carbonyl (C=O) groups is 2. The van der Waals surface area contributed by atoms with E-state index in [1.54, 1.807) is 18.2 Å². The molecule has 1 saturated heterocycles. The molecule has 1 fully saturated rings. The molecule has 1 unspecified atom stereocenters. The van der Waals surface area contributed by atoms with Crippen molar-refractivity contribution in [2.75, 3.05) is 11.5 Å². The molecule has 2 aromatic carbocycles. The summed E-state index contributed by atoms with van der Waals surface area (Å²) in [6.45, 7) is 2.20. The normalized spacial score (nSPS) is 17.6. The lowest BCUT2D eigenvalue weighted by Gasteiger charge is -2.25. The van der Waals surface area contributed by atoms with Crippen LogP contribution in [-0.2, 0) is 9.59 Å². The highest BCUT2D eigenvalue weighted by Crippen LogP contribution is 2.43. The van der Waals surface area contributed by atoms with E-state index in [0.29, 0.717) is 17.9 Å². The van der Waals surface area contributed by atoms with Gasteiger partial charge < -0.3 is 9.84 Å². The molecule has 1 aliphatic rings. The van der Waals surface area contributed by atoms with E-state index in [1.165, 1.54) is 42.7 Å². The van der Waals surface area contributed by atoms with Crippen molar-refractivity contribution in [1.29, 1.82) is 0 Å². The molecule has 6 nitrogen and oxygen atoms in total. The first-order valence-electron chi connectivity index (χ1n) is 9.81. The summed E-state index contributed by atoms with van der Waals surface area (Å²) in [6, 6.07) is 12.2. The summed E-state index contributed by atoms with van der Waals surface area (Å²) in [5, 5.41) is 11.4. The molecule has 1 amide bonds. The number of benzene rings is 2. The molecular formula is C24H18ClFN2O4. The third-order valence-corrected chi connectivity index (χ3v) is 5.39. The maximum atomic E-state index is 13.9. The summed E-state index contributed by atoms with van der Waals surface area (Å²) < 4.78 is 19.4. The third-order valence-electron chi connectivity index (χ3n) is 5.06. The minimum absolute atomic E-state index is 0.147. The van der Waals surface area contributed by atoms with E-state index in [-0.39, 0.29) is 21.8 Å². The summed E-state index contributed by atoms with van der Waals surface area (Å²) in [7, 11) is 0. The van der Waals surface area contributed by atoms with E-state index in [1.807, 2.05) is 6.92 Å². The van der Waals surface area contributed by atoms with Crippen molar-refractivity contribution in [3.05, 3.63) is 94.5 Å². The molecule has 0 aliphatic carbocycles. The van der Waals surface area contributed by atoms with Crippen molar-refractivity contribution in [1.82, 2.24) is 4.98 Å². The molecule has 0 spiro atoms. The lowest BCUT2D eigenvalue weighted by atomic mass is 9.95. The van der Waals surface area contributed by atoms with Crippen LogP contribution in [0.5, 0.6) is 5.75 Å². The Balaban J connectivity index is 1.95. The summed E-state index contributed by atoms with van der Waals surface area (Å²) in [5.41, 5.74) is 0.680. The number of nitrogens with zero attached hydrogens (tertiary/aromatic N) is 2. The van der Waals surface area contributed by atoms with Gasteiger partial charge in [0.15, 0.2) is 0 Å². The van der Waals surface area contributed by atoms with Gasteiger partial charge in [0.1, 0.15) is 17.3 Å². The number of Topliss-reactive ketones (excluding diaryl/α,β-unsaturated/α-hetero) is 1. The van der Waals surface area contributed by atoms with Gasteiger partial charge in [0.2, 0.25) is 0 Å². The second-order valence-corrected chi connectivity index (χ2v) is 7.41. The van der Waals surface area contributed by atoms with Crippen molar-refractivity contribution >= 4 is 34.7 Å². The van der Waals surface area contributed by atoms with E-state index >= 15 is 0 Å². The number of aromatic nitrogens is 1. The SMILES string of the molecule is CCOc1ccc(Cl)c(/C(O)=C2\C(=O)C(=O)N(c3cccc(F)c3)C2c2ccncc2)c1. The van der Waals surface area contributed by atoms with Gasteiger partial charge in [-0.15, -0.1) is 0 Å². The summed E-state index contributed by atoms with van der Waals surface area (Å²) >= 11 is 6.30. The van der Waals surface area contributed by atoms with E-state index in [0.717, 1.165) is 11.0 Å². The van der Waals surface area contributed by atoms with Gasteiger partial charge in [-0.25, -0.2) is 4.39 Å². The number of hydrogen-bond donors (Lipinski definition) is 1. The number of carbonyl (C=O) groups excluding carboxylic acids is 2. The second-order valence-electron chi connectivity index (χ2n) is 7.00. The number of aliphatic hydroxyl groups is 1. The zero-order valence-corrected chi connectivity index (χ0v) is 17.7. The fourth-order valence-corrected chi connectivity index (χ4v) is 3.88. The smallest absolute Gasteiger partial charge is 0.300 e. The molecule has 0 radical (unpaired) electrons. The van der Waals surface area contributed by atoms with Gasteiger partial charge in [0, 0.05) is 23.6 Å². The second kappa shape index (κ2) is 8.80. The van der Waals surface area contributed by atoms with Crippen LogP contribution in [0.2, 0.25) is 5.02 Å². The van der Waals surface area contributed by atoms with Crippen molar-refractivity contribution in [3.8, 4) is 5.75 Å². The van der Waals surface area contributed by atoms with Crippen LogP contribution in [0.15, 0.2) is 72.6 Å². The Bertz CT molecular complexity index is 1230. The zero-order chi connectivity index (χ0) is 22.8. The van der Waals surface area contributed by atoms with Crippen LogP contribution < -0.4 is 9.64 Å². The first-order valence-corrected chi connectivity index (χ1v) is 10.2. The molecule has 1 atom stereocenters. The zero-order valence-electron chi connectivity index (χ0n) is 17.0. The number of hydrogen-bond acceptors (Lipinski definition) is 5. The van der Waals surface area contributed by atoms with Crippen LogP contribution in [0.3, 0.4) is 0 Å². The van der Waals surface area contributed by atoms with Gasteiger partial charge in [-0.05, 0) is 61.0 Å². The minimum atomic E-state index is -1.01. The Morgan fingerprint density at radius 2 is 1.91 bits per heavy atom. The fraction of sp³-hybridized carbons (Fsp3) is 0.125. The average Bonchev–Trinajstić information content (AvgIpc) is 3.06. The third kappa shape index (κ3) is 3.83. The number of anilines is 1. The Hall–Kier alpha value is -3.71. The maximum absolute atomic E-state index is 13.9. The largest absolute Gasteiger partial charge is 0.507 e. The van der Waals surface area contributed by atoms with Crippen LogP contribution in [0.4, 0.5) is 10.1 Å². The van der Waals surface area contributed by atoms with Gasteiger partial charge in [0.25, 0.3) is 11.7 Å². The van der Waals surface area contributed by atoms with Gasteiger partial charge in [-0.3, -0.25) is 19.5 Å². The van der Waals surface area contributed by atoms with Crippen LogP contribution >= 0.6 is 11.6 Å². The molecule has 1 N–H and O–H groups in total. The summed E-state index contributed by atoms with van der Waals surface area (Å²) in [5.74, 6) is -2.37. The van der Waals surface area contributed by atoms with Crippen molar-refractivity contribution in [3.63, 3.8) is 0 Å². The van der Waals surface area contributed by atoms with E-state index in [4.69, 9.17) is 16.3 Å². The van der Waals surface area contributed by atoms with Crippen molar-refractivity contribution in [2.24, 2.45) is 0 Å². The molecule has 3 aromatic rings. The van der Waals surface area contributed by atoms with Crippen LogP contribution in [-0.4, -0.2) is 28.4 Å². The maximum Gasteiger partial charge on any atom is 0.300 e. The standard InChI is InChI=1S/C24H18ClFN2O4/c1-2-32-17-6-7-19(25)18(13-17)22(29)20-21(14-8-10-27-11-9-14)28(24(31)23(20)30)16-5-3-4-15(26)12-16/h3-13,21,29H,2H2,1H3/b22-20+. The lowest BCUT2D eigenvalue weighted by molar-refractivity contribution is -0.132. The molecule has 0 saturated carbocycles. The highest BCUT2D eigenvalue weighted by atomic mass is 35.5. The Kier molecular flexibility index (Phi) is 5.92. The number of halogens is 2. The highest BCUT2D eigenvalue weighted by Gasteiger charge is 2.47. The number of aliphatic hydroxyl groups excluding tert-OH is 1. The summed E-state index contributed by atoms with van der Waals surface area (Å²) in [4.78, 5) is 31.3. The first kappa shape index (κ1) is 21.5. The topological polar surface area (TPSA) is 79.7 Å². The predicted molar refractivity (Wildman–Crippen MR) is 118 cm³/mol. The van der Waals surface area contributed by atoms with Gasteiger partial charge in [-0.2, -0.15) is 0 Å². The Morgan fingerprint density at radius 1 is 1.16 bits per heavy atom. The van der Waals surface area contributed by atoms with Gasteiger partial charge >= 0.3 is 0 Å². The number of amides is 1. The molecule has 2 heterocycles. The molecule has 8 heteroatoms. The summed E-state index contributed by atoms with van der Waals surface area (Å²) in [6.07, 6.45) is 3.01. The lowest BCUT2D eigenvalue weighted by Crippen LogP contribution is -2.29. The number of ketones is 1. The molecule has 1 aliphatic heterocycles. The molecule has 4 rings (SSSR count). The number of rotatable bonds is 5. The average molecular weight is 453 g/mol. The molecular weight excluding hydrogens is 435 g/mol. The van der Waals surface area contributed by atoms with E-state index < -0.39 is 29.3 Å². The van der Waals surface area contributed by atoms with Gasteiger partial charge in [-0.1, -0.05) is 17.7 Å². The number of ether oxygens (including phenoxy) is 1.